The fraction of sp³-hybridized carbons (Fsp3) is 0.375. The highest BCUT2D eigenvalue weighted by Crippen LogP contribution is 2.49. The highest BCUT2D eigenvalue weighted by molar-refractivity contribution is 14.1. The van der Waals surface area contributed by atoms with Crippen molar-refractivity contribution < 1.29 is 9.53 Å². The molecule has 1 aliphatic rings. The third kappa shape index (κ3) is 3.35. The maximum Gasteiger partial charge on any atom is 0.323 e. The largest absolute Gasteiger partial charge is 0.425 e. The van der Waals surface area contributed by atoms with Gasteiger partial charge in [0.25, 0.3) is 0 Å². The lowest BCUT2D eigenvalue weighted by Gasteiger charge is -2.31. The Morgan fingerprint density at radius 3 is 2.33 bits per heavy atom. The smallest absolute Gasteiger partial charge is 0.323 e. The summed E-state index contributed by atoms with van der Waals surface area (Å²) in [5.74, 6) is 0.166. The van der Waals surface area contributed by atoms with Gasteiger partial charge in [-0.3, -0.25) is 4.79 Å². The number of halogens is 1. The van der Waals surface area contributed by atoms with Crippen molar-refractivity contribution in [1.82, 2.24) is 0 Å². The molecule has 2 aromatic rings. The molecule has 27 heavy (non-hydrogen) atoms. The van der Waals surface area contributed by atoms with Crippen LogP contribution < -0.4 is 4.74 Å². The number of fused-ring (bicyclic) bond motifs is 1. The molecule has 1 aliphatic heterocycles. The van der Waals surface area contributed by atoms with Gasteiger partial charge in [-0.1, -0.05) is 92.8 Å². The Bertz CT molecular complexity index is 894. The summed E-state index contributed by atoms with van der Waals surface area (Å²) in [5, 5.41) is 0. The summed E-state index contributed by atoms with van der Waals surface area (Å²) in [4.78, 5) is 12.9. The first-order chi connectivity index (χ1) is 12.6. The normalized spacial score (nSPS) is 16.8. The number of ether oxygens (including phenoxy) is 1. The predicted molar refractivity (Wildman–Crippen MR) is 120 cm³/mol. The first-order valence-electron chi connectivity index (χ1n) is 9.28. The molecule has 0 saturated heterocycles. The number of alkyl halides is 1. The van der Waals surface area contributed by atoms with E-state index in [-0.39, 0.29) is 22.7 Å². The Balaban J connectivity index is 2.37. The minimum Gasteiger partial charge on any atom is -0.425 e. The van der Waals surface area contributed by atoms with Gasteiger partial charge in [0.05, 0.1) is 0 Å². The molecule has 142 valence electrons. The monoisotopic (exact) mass is 474 g/mol. The Morgan fingerprint density at radius 2 is 1.78 bits per heavy atom. The number of hydrogen-bond donors (Lipinski definition) is 0. The highest BCUT2D eigenvalue weighted by atomic mass is 127. The second kappa shape index (κ2) is 7.08. The van der Waals surface area contributed by atoms with Gasteiger partial charge >= 0.3 is 5.97 Å². The zero-order chi connectivity index (χ0) is 20.0. The number of benzene rings is 2. The molecule has 0 radical (unpaired) electrons. The van der Waals surface area contributed by atoms with Crippen LogP contribution in [0.25, 0.3) is 0 Å². The number of rotatable bonds is 5. The van der Waals surface area contributed by atoms with E-state index in [9.17, 15) is 4.79 Å². The summed E-state index contributed by atoms with van der Waals surface area (Å²) in [7, 11) is 0. The van der Waals surface area contributed by atoms with E-state index in [1.807, 2.05) is 36.4 Å². The summed E-state index contributed by atoms with van der Waals surface area (Å²) in [6.07, 6.45) is 1.93. The topological polar surface area (TPSA) is 26.3 Å². The number of carbonyl (C=O) groups excluding carboxylic acids is 1. The molecule has 0 aliphatic carbocycles. The molecule has 3 heteroatoms. The number of carbonyl (C=O) groups is 1. The van der Waals surface area contributed by atoms with E-state index in [0.717, 1.165) is 32.4 Å². The predicted octanol–water partition coefficient (Wildman–Crippen LogP) is 6.22. The lowest BCUT2D eigenvalue weighted by Crippen LogP contribution is -2.24. The Labute approximate surface area is 176 Å². The van der Waals surface area contributed by atoms with Crippen LogP contribution in [0.1, 0.15) is 61.4 Å². The van der Waals surface area contributed by atoms with E-state index in [1.165, 1.54) is 5.56 Å². The van der Waals surface area contributed by atoms with Crippen molar-refractivity contribution in [3.63, 3.8) is 0 Å². The van der Waals surface area contributed by atoms with Crippen LogP contribution in [0, 0.1) is 6.92 Å². The van der Waals surface area contributed by atoms with Gasteiger partial charge in [0.15, 0.2) is 0 Å². The van der Waals surface area contributed by atoms with E-state index >= 15 is 0 Å². The van der Waals surface area contributed by atoms with Gasteiger partial charge in [0.1, 0.15) is 11.7 Å². The van der Waals surface area contributed by atoms with Gasteiger partial charge in [-0.2, -0.15) is 0 Å². The zero-order valence-corrected chi connectivity index (χ0v) is 18.9. The van der Waals surface area contributed by atoms with Crippen LogP contribution in [0.4, 0.5) is 0 Å². The van der Waals surface area contributed by atoms with Crippen molar-refractivity contribution in [1.29, 1.82) is 0 Å². The van der Waals surface area contributed by atoms with Crippen LogP contribution in [-0.2, 0) is 15.6 Å². The number of esters is 1. The van der Waals surface area contributed by atoms with Crippen LogP contribution in [0.15, 0.2) is 49.1 Å². The van der Waals surface area contributed by atoms with Crippen LogP contribution >= 0.6 is 22.6 Å². The van der Waals surface area contributed by atoms with E-state index in [4.69, 9.17) is 4.74 Å². The molecule has 1 unspecified atom stereocenters. The van der Waals surface area contributed by atoms with E-state index in [1.54, 1.807) is 0 Å². The molecule has 0 saturated carbocycles. The van der Waals surface area contributed by atoms with Crippen molar-refractivity contribution in [2.45, 2.75) is 51.4 Å². The van der Waals surface area contributed by atoms with Gasteiger partial charge < -0.3 is 4.74 Å². The lowest BCUT2D eigenvalue weighted by atomic mass is 9.74. The number of allylic oxidation sites excluding steroid dienone is 1. The van der Waals surface area contributed by atoms with E-state index in [2.05, 4.69) is 69.9 Å². The molecule has 0 spiro atoms. The summed E-state index contributed by atoms with van der Waals surface area (Å²) in [5.41, 5.74) is 5.19. The van der Waals surface area contributed by atoms with Crippen molar-refractivity contribution in [2.24, 2.45) is 0 Å². The van der Waals surface area contributed by atoms with Crippen LogP contribution in [0.5, 0.6) is 5.75 Å². The molecule has 2 aromatic carbocycles. The average Bonchev–Trinajstić information content (AvgIpc) is 2.99. The minimum absolute atomic E-state index is 0.00144. The molecule has 0 N–H and O–H groups in total. The van der Waals surface area contributed by atoms with Crippen LogP contribution in [0.2, 0.25) is 0 Å². The second-order valence-corrected chi connectivity index (χ2v) is 9.31. The maximum absolute atomic E-state index is 12.9. The summed E-state index contributed by atoms with van der Waals surface area (Å²) in [6, 6.07) is 12.2. The summed E-state index contributed by atoms with van der Waals surface area (Å²) >= 11 is 2.44. The maximum atomic E-state index is 12.9. The first-order valence-corrected chi connectivity index (χ1v) is 10.8. The van der Waals surface area contributed by atoms with Gasteiger partial charge in [0, 0.05) is 21.0 Å². The quantitative estimate of drug-likeness (QED) is 0.169. The van der Waals surface area contributed by atoms with Crippen LogP contribution in [0.3, 0.4) is 0 Å². The standard InChI is InChI=1S/C24H27IO2/c1-7-23(3,4)18-13-17(24(5,6)14-25)15(2)19-20(22(26)27-21(18)19)16-11-9-8-10-12-16/h7-13,20H,1,14H2,2-6H3. The third-order valence-corrected chi connectivity index (χ3v) is 7.62. The SMILES string of the molecule is C=CC(C)(C)c1cc(C(C)(C)CI)c(C)c2c1OC(=O)C2c1ccccc1. The zero-order valence-electron chi connectivity index (χ0n) is 16.7. The van der Waals surface area contributed by atoms with Gasteiger partial charge in [-0.05, 0) is 29.0 Å². The molecular formula is C24H27IO2. The molecule has 3 rings (SSSR count). The Kier molecular flexibility index (Phi) is 5.28. The van der Waals surface area contributed by atoms with Crippen molar-refractivity contribution in [3.8, 4) is 5.75 Å². The van der Waals surface area contributed by atoms with Crippen molar-refractivity contribution >= 4 is 28.6 Å². The fourth-order valence-electron chi connectivity index (χ4n) is 3.83. The summed E-state index contributed by atoms with van der Waals surface area (Å²) in [6.45, 7) is 14.9. The lowest BCUT2D eigenvalue weighted by molar-refractivity contribution is -0.133. The number of hydrogen-bond acceptors (Lipinski definition) is 2. The molecule has 2 nitrogen and oxygen atoms in total. The van der Waals surface area contributed by atoms with Crippen LogP contribution in [-0.4, -0.2) is 10.4 Å². The molecule has 0 fully saturated rings. The molecule has 1 atom stereocenters. The molecule has 0 amide bonds. The van der Waals surface area contributed by atoms with Crippen molar-refractivity contribution in [2.75, 3.05) is 4.43 Å². The van der Waals surface area contributed by atoms with E-state index in [0.29, 0.717) is 0 Å². The second-order valence-electron chi connectivity index (χ2n) is 8.55. The fourth-order valence-corrected chi connectivity index (χ4v) is 4.24. The van der Waals surface area contributed by atoms with Gasteiger partial charge in [-0.15, -0.1) is 6.58 Å². The Morgan fingerprint density at radius 1 is 1.15 bits per heavy atom. The molecule has 0 aromatic heterocycles. The highest BCUT2D eigenvalue weighted by Gasteiger charge is 2.42. The molecular weight excluding hydrogens is 447 g/mol. The Hall–Kier alpha value is -1.62. The van der Waals surface area contributed by atoms with Crippen molar-refractivity contribution in [3.05, 3.63) is 76.9 Å². The molecule has 1 heterocycles. The average molecular weight is 474 g/mol. The van der Waals surface area contributed by atoms with Gasteiger partial charge in [0.2, 0.25) is 0 Å². The molecule has 0 bridgehead atoms. The van der Waals surface area contributed by atoms with Gasteiger partial charge in [-0.25, -0.2) is 0 Å². The summed E-state index contributed by atoms with van der Waals surface area (Å²) < 4.78 is 6.88. The first kappa shape index (κ1) is 20.1. The third-order valence-electron chi connectivity index (χ3n) is 5.71. The van der Waals surface area contributed by atoms with E-state index < -0.39 is 0 Å². The minimum atomic E-state index is -0.370.